The highest BCUT2D eigenvalue weighted by Crippen LogP contribution is 2.32. The SMILES string of the molecule is COCCNC(=O)c1nc(C(=O)Nc2ccc3c(c2)OCCO3)n2ccccc12. The lowest BCUT2D eigenvalue weighted by molar-refractivity contribution is 0.0934. The van der Waals surface area contributed by atoms with Gasteiger partial charge in [-0.25, -0.2) is 4.98 Å². The molecule has 0 saturated carbocycles. The van der Waals surface area contributed by atoms with Crippen molar-refractivity contribution in [3.8, 4) is 11.5 Å². The predicted octanol–water partition coefficient (Wildman–Crippen LogP) is 1.73. The fraction of sp³-hybridized carbons (Fsp3) is 0.250. The third-order valence-electron chi connectivity index (χ3n) is 4.36. The van der Waals surface area contributed by atoms with Crippen LogP contribution in [0.2, 0.25) is 0 Å². The monoisotopic (exact) mass is 396 g/mol. The molecule has 2 aromatic heterocycles. The van der Waals surface area contributed by atoms with Crippen LogP contribution in [-0.4, -0.2) is 54.7 Å². The van der Waals surface area contributed by atoms with E-state index in [9.17, 15) is 9.59 Å². The van der Waals surface area contributed by atoms with Gasteiger partial charge in [-0.1, -0.05) is 6.07 Å². The average molecular weight is 396 g/mol. The molecule has 0 spiro atoms. The first-order valence-electron chi connectivity index (χ1n) is 9.12. The van der Waals surface area contributed by atoms with Gasteiger partial charge in [-0.05, 0) is 24.3 Å². The van der Waals surface area contributed by atoms with E-state index in [2.05, 4.69) is 15.6 Å². The molecule has 0 fully saturated rings. The van der Waals surface area contributed by atoms with Crippen molar-refractivity contribution in [1.29, 1.82) is 0 Å². The molecule has 2 N–H and O–H groups in total. The molecule has 0 radical (unpaired) electrons. The van der Waals surface area contributed by atoms with E-state index in [0.717, 1.165) is 0 Å². The molecule has 9 heteroatoms. The van der Waals surface area contributed by atoms with Crippen LogP contribution in [0.25, 0.3) is 5.52 Å². The fourth-order valence-electron chi connectivity index (χ4n) is 3.02. The number of ether oxygens (including phenoxy) is 3. The Kier molecular flexibility index (Phi) is 5.30. The van der Waals surface area contributed by atoms with Gasteiger partial charge in [-0.3, -0.25) is 14.0 Å². The van der Waals surface area contributed by atoms with Crippen molar-refractivity contribution in [2.24, 2.45) is 0 Å². The molecule has 3 heterocycles. The number of carbonyl (C=O) groups is 2. The van der Waals surface area contributed by atoms with Crippen molar-refractivity contribution in [3.05, 3.63) is 54.1 Å². The molecule has 2 amide bonds. The minimum atomic E-state index is -0.446. The standard InChI is InChI=1S/C20H20N4O5/c1-27-9-7-21-19(25)17-14-4-2-3-8-24(14)18(23-17)20(26)22-13-5-6-15-16(12-13)29-11-10-28-15/h2-6,8,12H,7,9-11H2,1H3,(H,21,25)(H,22,26). The molecule has 1 aliphatic heterocycles. The van der Waals surface area contributed by atoms with Crippen molar-refractivity contribution in [2.75, 3.05) is 38.8 Å². The van der Waals surface area contributed by atoms with Crippen molar-refractivity contribution in [1.82, 2.24) is 14.7 Å². The number of nitrogens with one attached hydrogen (secondary N) is 2. The largest absolute Gasteiger partial charge is 0.486 e. The van der Waals surface area contributed by atoms with Gasteiger partial charge >= 0.3 is 0 Å². The molecule has 1 aromatic carbocycles. The molecular weight excluding hydrogens is 376 g/mol. The number of carbonyl (C=O) groups excluding carboxylic acids is 2. The van der Waals surface area contributed by atoms with Gasteiger partial charge in [0.25, 0.3) is 11.8 Å². The van der Waals surface area contributed by atoms with Crippen LogP contribution in [-0.2, 0) is 4.74 Å². The van der Waals surface area contributed by atoms with Crippen LogP contribution in [0.4, 0.5) is 5.69 Å². The lowest BCUT2D eigenvalue weighted by Crippen LogP contribution is -2.27. The molecule has 9 nitrogen and oxygen atoms in total. The van der Waals surface area contributed by atoms with Gasteiger partial charge in [0, 0.05) is 31.6 Å². The Labute approximate surface area is 166 Å². The number of fused-ring (bicyclic) bond motifs is 2. The second-order valence-corrected chi connectivity index (χ2v) is 6.30. The van der Waals surface area contributed by atoms with E-state index in [1.54, 1.807) is 54.1 Å². The van der Waals surface area contributed by atoms with Gasteiger partial charge in [0.05, 0.1) is 12.1 Å². The van der Waals surface area contributed by atoms with Gasteiger partial charge in [0.15, 0.2) is 17.2 Å². The molecular formula is C20H20N4O5. The first-order valence-corrected chi connectivity index (χ1v) is 9.12. The smallest absolute Gasteiger partial charge is 0.292 e. The highest BCUT2D eigenvalue weighted by Gasteiger charge is 2.22. The summed E-state index contributed by atoms with van der Waals surface area (Å²) in [5, 5.41) is 5.52. The maximum atomic E-state index is 12.9. The number of methoxy groups -OCH3 is 1. The molecule has 4 rings (SSSR count). The van der Waals surface area contributed by atoms with E-state index in [0.29, 0.717) is 49.1 Å². The highest BCUT2D eigenvalue weighted by atomic mass is 16.6. The summed E-state index contributed by atoms with van der Waals surface area (Å²) in [5.41, 5.74) is 1.25. The molecule has 0 unspecified atom stereocenters. The fourth-order valence-corrected chi connectivity index (χ4v) is 3.02. The number of hydrogen-bond acceptors (Lipinski definition) is 6. The maximum Gasteiger partial charge on any atom is 0.292 e. The number of nitrogens with zero attached hydrogens (tertiary/aromatic N) is 2. The van der Waals surface area contributed by atoms with Crippen LogP contribution in [0, 0.1) is 0 Å². The van der Waals surface area contributed by atoms with E-state index < -0.39 is 5.91 Å². The van der Waals surface area contributed by atoms with Gasteiger partial charge < -0.3 is 24.8 Å². The summed E-state index contributed by atoms with van der Waals surface area (Å²) in [6.07, 6.45) is 1.69. The third-order valence-corrected chi connectivity index (χ3v) is 4.36. The van der Waals surface area contributed by atoms with E-state index in [1.165, 1.54) is 0 Å². The van der Waals surface area contributed by atoms with E-state index in [4.69, 9.17) is 14.2 Å². The first kappa shape index (κ1) is 18.8. The normalized spacial score (nSPS) is 12.6. The van der Waals surface area contributed by atoms with Gasteiger partial charge in [-0.15, -0.1) is 0 Å². The van der Waals surface area contributed by atoms with Crippen molar-refractivity contribution >= 4 is 23.0 Å². The Hall–Kier alpha value is -3.59. The summed E-state index contributed by atoms with van der Waals surface area (Å²) in [5.74, 6) is 0.492. The lowest BCUT2D eigenvalue weighted by Gasteiger charge is -2.18. The Balaban J connectivity index is 1.60. The quantitative estimate of drug-likeness (QED) is 0.615. The van der Waals surface area contributed by atoms with Crippen molar-refractivity contribution < 1.29 is 23.8 Å². The first-order chi connectivity index (χ1) is 14.2. The number of rotatable bonds is 6. The summed E-state index contributed by atoms with van der Waals surface area (Å²) in [4.78, 5) is 29.7. The molecule has 1 aliphatic rings. The zero-order chi connectivity index (χ0) is 20.2. The summed E-state index contributed by atoms with van der Waals surface area (Å²) in [6, 6.07) is 10.4. The number of benzene rings is 1. The Bertz CT molecular complexity index is 1060. The van der Waals surface area contributed by atoms with E-state index in [1.807, 2.05) is 0 Å². The Morgan fingerprint density at radius 2 is 1.97 bits per heavy atom. The topological polar surface area (TPSA) is 103 Å². The number of pyridine rings is 1. The average Bonchev–Trinajstić information content (AvgIpc) is 3.14. The van der Waals surface area contributed by atoms with Crippen LogP contribution in [0.3, 0.4) is 0 Å². The molecule has 3 aromatic rings. The van der Waals surface area contributed by atoms with Crippen LogP contribution >= 0.6 is 0 Å². The predicted molar refractivity (Wildman–Crippen MR) is 105 cm³/mol. The number of anilines is 1. The van der Waals surface area contributed by atoms with Crippen LogP contribution in [0.5, 0.6) is 11.5 Å². The highest BCUT2D eigenvalue weighted by molar-refractivity contribution is 6.06. The summed E-state index contributed by atoms with van der Waals surface area (Å²) in [7, 11) is 1.55. The Morgan fingerprint density at radius 3 is 2.79 bits per heavy atom. The van der Waals surface area contributed by atoms with Crippen molar-refractivity contribution in [2.45, 2.75) is 0 Å². The van der Waals surface area contributed by atoms with Crippen LogP contribution in [0.15, 0.2) is 42.6 Å². The van der Waals surface area contributed by atoms with Gasteiger partial charge in [0.1, 0.15) is 13.2 Å². The molecule has 0 atom stereocenters. The minimum Gasteiger partial charge on any atom is -0.486 e. The summed E-state index contributed by atoms with van der Waals surface area (Å²) >= 11 is 0. The Morgan fingerprint density at radius 1 is 1.14 bits per heavy atom. The lowest BCUT2D eigenvalue weighted by atomic mass is 10.2. The molecule has 0 aliphatic carbocycles. The summed E-state index contributed by atoms with van der Waals surface area (Å²) in [6.45, 7) is 1.68. The molecule has 150 valence electrons. The van der Waals surface area contributed by atoms with Gasteiger partial charge in [0.2, 0.25) is 5.82 Å². The van der Waals surface area contributed by atoms with Crippen LogP contribution in [0.1, 0.15) is 21.1 Å². The van der Waals surface area contributed by atoms with Gasteiger partial charge in [-0.2, -0.15) is 0 Å². The summed E-state index contributed by atoms with van der Waals surface area (Å²) < 4.78 is 17.6. The number of imidazole rings is 1. The van der Waals surface area contributed by atoms with E-state index in [-0.39, 0.29) is 17.4 Å². The molecule has 29 heavy (non-hydrogen) atoms. The second kappa shape index (κ2) is 8.19. The van der Waals surface area contributed by atoms with Crippen LogP contribution < -0.4 is 20.1 Å². The number of amides is 2. The molecule has 0 bridgehead atoms. The molecule has 0 saturated heterocycles. The zero-order valence-corrected chi connectivity index (χ0v) is 15.8. The minimum absolute atomic E-state index is 0.104. The zero-order valence-electron chi connectivity index (χ0n) is 15.8. The van der Waals surface area contributed by atoms with E-state index >= 15 is 0 Å². The van der Waals surface area contributed by atoms with Crippen molar-refractivity contribution in [3.63, 3.8) is 0 Å². The third kappa shape index (κ3) is 3.85. The maximum absolute atomic E-state index is 12.9. The number of hydrogen-bond donors (Lipinski definition) is 2. The second-order valence-electron chi connectivity index (χ2n) is 6.30. The number of aromatic nitrogens is 2.